The standard InChI is InChI=1S/C9H15NO/c1-3-10(4-2)8-6-5-7-9-11/h5-9H,3-4H2,1-2H3/b7-5+,8-6+. The zero-order chi connectivity index (χ0) is 8.53. The first kappa shape index (κ1) is 9.95. The van der Waals surface area contributed by atoms with Gasteiger partial charge >= 0.3 is 0 Å². The van der Waals surface area contributed by atoms with Gasteiger partial charge in [-0.05, 0) is 32.2 Å². The molecule has 0 aliphatic carbocycles. The highest BCUT2D eigenvalue weighted by Gasteiger charge is 1.85. The first-order valence-corrected chi connectivity index (χ1v) is 3.87. The van der Waals surface area contributed by atoms with Crippen LogP contribution in [0.3, 0.4) is 0 Å². The van der Waals surface area contributed by atoms with Gasteiger partial charge in [0.2, 0.25) is 0 Å². The third-order valence-electron chi connectivity index (χ3n) is 1.41. The number of rotatable bonds is 5. The second-order valence-corrected chi connectivity index (χ2v) is 2.08. The number of allylic oxidation sites excluding steroid dienone is 3. The Bertz CT molecular complexity index is 146. The summed E-state index contributed by atoms with van der Waals surface area (Å²) in [7, 11) is 0. The highest BCUT2D eigenvalue weighted by atomic mass is 16.1. The second kappa shape index (κ2) is 7.06. The largest absolute Gasteiger partial charge is 0.378 e. The van der Waals surface area contributed by atoms with Crippen molar-refractivity contribution in [2.75, 3.05) is 13.1 Å². The zero-order valence-corrected chi connectivity index (χ0v) is 7.16. The summed E-state index contributed by atoms with van der Waals surface area (Å²) in [5.74, 6) is 0. The smallest absolute Gasteiger partial charge is 0.142 e. The van der Waals surface area contributed by atoms with Gasteiger partial charge in [0.15, 0.2) is 0 Å². The van der Waals surface area contributed by atoms with E-state index >= 15 is 0 Å². The van der Waals surface area contributed by atoms with E-state index in [-0.39, 0.29) is 0 Å². The molecule has 11 heavy (non-hydrogen) atoms. The van der Waals surface area contributed by atoms with Gasteiger partial charge in [-0.3, -0.25) is 4.79 Å². The first-order valence-electron chi connectivity index (χ1n) is 3.87. The molecule has 0 amide bonds. The number of hydrogen-bond acceptors (Lipinski definition) is 2. The first-order chi connectivity index (χ1) is 5.35. The summed E-state index contributed by atoms with van der Waals surface area (Å²) < 4.78 is 0. The quantitative estimate of drug-likeness (QED) is 0.339. The Morgan fingerprint density at radius 1 is 1.09 bits per heavy atom. The van der Waals surface area contributed by atoms with Crippen LogP contribution in [0.4, 0.5) is 0 Å². The van der Waals surface area contributed by atoms with Gasteiger partial charge in [-0.2, -0.15) is 0 Å². The molecule has 0 spiro atoms. The third-order valence-corrected chi connectivity index (χ3v) is 1.41. The Hall–Kier alpha value is -1.05. The van der Waals surface area contributed by atoms with Crippen molar-refractivity contribution in [1.29, 1.82) is 0 Å². The fourth-order valence-electron chi connectivity index (χ4n) is 0.715. The lowest BCUT2D eigenvalue weighted by Gasteiger charge is -2.13. The van der Waals surface area contributed by atoms with Crippen LogP contribution in [0.2, 0.25) is 0 Å². The Kier molecular flexibility index (Phi) is 6.39. The maximum Gasteiger partial charge on any atom is 0.142 e. The van der Waals surface area contributed by atoms with Crippen molar-refractivity contribution in [2.45, 2.75) is 13.8 Å². The predicted octanol–water partition coefficient (Wildman–Crippen LogP) is 1.60. The van der Waals surface area contributed by atoms with Crippen LogP contribution in [-0.4, -0.2) is 24.3 Å². The fraction of sp³-hybridized carbons (Fsp3) is 0.444. The lowest BCUT2D eigenvalue weighted by atomic mass is 10.4. The molecule has 0 unspecified atom stereocenters. The normalized spacial score (nSPS) is 11.1. The number of hydrogen-bond donors (Lipinski definition) is 0. The molecule has 0 saturated carbocycles. The van der Waals surface area contributed by atoms with Crippen molar-refractivity contribution in [3.8, 4) is 0 Å². The lowest BCUT2D eigenvalue weighted by molar-refractivity contribution is -0.104. The average molecular weight is 153 g/mol. The van der Waals surface area contributed by atoms with Crippen molar-refractivity contribution in [3.63, 3.8) is 0 Å². The Balaban J connectivity index is 3.69. The third kappa shape index (κ3) is 5.40. The minimum absolute atomic E-state index is 0.770. The molecule has 0 N–H and O–H groups in total. The molecule has 0 heterocycles. The molecule has 0 rings (SSSR count). The van der Waals surface area contributed by atoms with Crippen LogP contribution in [0.25, 0.3) is 0 Å². The topological polar surface area (TPSA) is 20.3 Å². The van der Waals surface area contributed by atoms with Gasteiger partial charge in [0.25, 0.3) is 0 Å². The van der Waals surface area contributed by atoms with Crippen molar-refractivity contribution in [3.05, 3.63) is 24.4 Å². The Labute approximate surface area is 68.2 Å². The van der Waals surface area contributed by atoms with Crippen molar-refractivity contribution >= 4 is 6.29 Å². The van der Waals surface area contributed by atoms with Gasteiger partial charge in [-0.1, -0.05) is 6.08 Å². The molecule has 2 nitrogen and oxygen atoms in total. The Morgan fingerprint density at radius 2 is 1.73 bits per heavy atom. The van der Waals surface area contributed by atoms with Gasteiger partial charge in [0, 0.05) is 13.1 Å². The van der Waals surface area contributed by atoms with Gasteiger partial charge in [-0.15, -0.1) is 0 Å². The summed E-state index contributed by atoms with van der Waals surface area (Å²) in [5.41, 5.74) is 0. The van der Waals surface area contributed by atoms with Crippen LogP contribution in [0.15, 0.2) is 24.4 Å². The molecule has 62 valence electrons. The van der Waals surface area contributed by atoms with E-state index in [0.717, 1.165) is 19.4 Å². The number of carbonyl (C=O) groups excluding carboxylic acids is 1. The van der Waals surface area contributed by atoms with E-state index in [1.165, 1.54) is 6.08 Å². The molecule has 0 fully saturated rings. The lowest BCUT2D eigenvalue weighted by Crippen LogP contribution is -2.14. The van der Waals surface area contributed by atoms with E-state index in [1.54, 1.807) is 6.08 Å². The van der Waals surface area contributed by atoms with Gasteiger partial charge in [0.05, 0.1) is 0 Å². The number of nitrogens with zero attached hydrogens (tertiary/aromatic N) is 1. The van der Waals surface area contributed by atoms with Crippen LogP contribution < -0.4 is 0 Å². The molecule has 0 bridgehead atoms. The van der Waals surface area contributed by atoms with E-state index in [0.29, 0.717) is 0 Å². The minimum Gasteiger partial charge on any atom is -0.378 e. The summed E-state index contributed by atoms with van der Waals surface area (Å²) in [4.78, 5) is 12.0. The Morgan fingerprint density at radius 3 is 2.18 bits per heavy atom. The summed E-state index contributed by atoms with van der Waals surface area (Å²) in [6, 6.07) is 0. The van der Waals surface area contributed by atoms with Gasteiger partial charge < -0.3 is 4.90 Å². The SMILES string of the molecule is CCN(/C=C/C=C/C=O)CC. The monoisotopic (exact) mass is 153 g/mol. The van der Waals surface area contributed by atoms with E-state index in [1.807, 2.05) is 12.3 Å². The van der Waals surface area contributed by atoms with E-state index in [2.05, 4.69) is 18.7 Å². The molecule has 0 aliphatic rings. The van der Waals surface area contributed by atoms with Crippen LogP contribution >= 0.6 is 0 Å². The van der Waals surface area contributed by atoms with Crippen molar-refractivity contribution < 1.29 is 4.79 Å². The molecule has 0 aromatic carbocycles. The summed E-state index contributed by atoms with van der Waals surface area (Å²) in [5, 5.41) is 0. The molecule has 0 aromatic rings. The van der Waals surface area contributed by atoms with Crippen molar-refractivity contribution in [2.24, 2.45) is 0 Å². The molecular weight excluding hydrogens is 138 g/mol. The summed E-state index contributed by atoms with van der Waals surface area (Å²) >= 11 is 0. The highest BCUT2D eigenvalue weighted by Crippen LogP contribution is 1.87. The number of carbonyl (C=O) groups is 1. The molecule has 0 aliphatic heterocycles. The summed E-state index contributed by atoms with van der Waals surface area (Å²) in [6.45, 7) is 6.19. The van der Waals surface area contributed by atoms with Gasteiger partial charge in [-0.25, -0.2) is 0 Å². The molecule has 2 heteroatoms. The molecule has 0 radical (unpaired) electrons. The van der Waals surface area contributed by atoms with Crippen LogP contribution in [0.1, 0.15) is 13.8 Å². The molecule has 0 aromatic heterocycles. The molecular formula is C9H15NO. The van der Waals surface area contributed by atoms with E-state index < -0.39 is 0 Å². The maximum atomic E-state index is 9.85. The number of aldehydes is 1. The fourth-order valence-corrected chi connectivity index (χ4v) is 0.715. The minimum atomic E-state index is 0.770. The van der Waals surface area contributed by atoms with Gasteiger partial charge in [0.1, 0.15) is 6.29 Å². The highest BCUT2D eigenvalue weighted by molar-refractivity contribution is 5.65. The van der Waals surface area contributed by atoms with Crippen LogP contribution in [0, 0.1) is 0 Å². The summed E-state index contributed by atoms with van der Waals surface area (Å²) in [6.07, 6.45) is 7.80. The molecule has 0 saturated heterocycles. The zero-order valence-electron chi connectivity index (χ0n) is 7.16. The van der Waals surface area contributed by atoms with E-state index in [4.69, 9.17) is 0 Å². The second-order valence-electron chi connectivity index (χ2n) is 2.08. The maximum absolute atomic E-state index is 9.85. The predicted molar refractivity (Wildman–Crippen MR) is 47.3 cm³/mol. The van der Waals surface area contributed by atoms with Crippen LogP contribution in [-0.2, 0) is 4.79 Å². The van der Waals surface area contributed by atoms with Crippen LogP contribution in [0.5, 0.6) is 0 Å². The van der Waals surface area contributed by atoms with E-state index in [9.17, 15) is 4.79 Å². The molecule has 0 atom stereocenters. The average Bonchev–Trinajstić information content (AvgIpc) is 2.05. The van der Waals surface area contributed by atoms with Crippen molar-refractivity contribution in [1.82, 2.24) is 4.90 Å².